The van der Waals surface area contributed by atoms with Gasteiger partial charge in [-0.15, -0.1) is 0 Å². The molecule has 2 aromatic carbocycles. The molecule has 7 rings (SSSR count). The lowest BCUT2D eigenvalue weighted by Crippen LogP contribution is -2.50. The van der Waals surface area contributed by atoms with Gasteiger partial charge in [-0.3, -0.25) is 4.79 Å². The summed E-state index contributed by atoms with van der Waals surface area (Å²) in [5.41, 5.74) is 3.44. The number of halogens is 1. The highest BCUT2D eigenvalue weighted by Gasteiger charge is 2.50. The van der Waals surface area contributed by atoms with Gasteiger partial charge < -0.3 is 14.7 Å². The third-order valence-electron chi connectivity index (χ3n) is 10.3. The monoisotopic (exact) mass is 584 g/mol. The molecule has 2 fully saturated rings. The molecule has 214 valence electrons. The molecule has 3 aliphatic carbocycles. The summed E-state index contributed by atoms with van der Waals surface area (Å²) < 4.78 is 34.3. The van der Waals surface area contributed by atoms with E-state index in [2.05, 4.69) is 21.8 Å². The van der Waals surface area contributed by atoms with Crippen molar-refractivity contribution in [3.63, 3.8) is 0 Å². The first-order valence-corrected chi connectivity index (χ1v) is 16.8. The van der Waals surface area contributed by atoms with E-state index in [1.54, 1.807) is 18.2 Å². The molecule has 2 aromatic rings. The van der Waals surface area contributed by atoms with Crippen molar-refractivity contribution in [3.8, 4) is 5.75 Å². The van der Waals surface area contributed by atoms with Crippen LogP contribution in [-0.2, 0) is 21.9 Å². The Morgan fingerprint density at radius 2 is 1.93 bits per heavy atom. The van der Waals surface area contributed by atoms with E-state index in [9.17, 15) is 18.3 Å². The molecule has 2 bridgehead atoms. The number of fused-ring (bicyclic) bond motifs is 5. The van der Waals surface area contributed by atoms with Crippen LogP contribution in [-0.4, -0.2) is 51.0 Å². The van der Waals surface area contributed by atoms with E-state index in [4.69, 9.17) is 16.3 Å². The van der Waals surface area contributed by atoms with Crippen LogP contribution in [0.3, 0.4) is 0 Å². The minimum atomic E-state index is -3.75. The lowest BCUT2D eigenvalue weighted by atomic mass is 9.68. The minimum Gasteiger partial charge on any atom is -0.490 e. The molecular formula is C31H37ClN2O5S. The normalized spacial score (nSPS) is 34.7. The summed E-state index contributed by atoms with van der Waals surface area (Å²) >= 11 is 6.38. The second kappa shape index (κ2) is 9.92. The van der Waals surface area contributed by atoms with E-state index in [1.165, 1.54) is 11.1 Å². The van der Waals surface area contributed by atoms with E-state index in [0.717, 1.165) is 68.7 Å². The van der Waals surface area contributed by atoms with Gasteiger partial charge in [0.15, 0.2) is 0 Å². The Labute approximate surface area is 241 Å². The first-order valence-electron chi connectivity index (χ1n) is 14.7. The van der Waals surface area contributed by atoms with Crippen LogP contribution in [0.1, 0.15) is 66.4 Å². The number of rotatable bonds is 0. The number of hydrogen-bond acceptors (Lipinski definition) is 6. The summed E-state index contributed by atoms with van der Waals surface area (Å²) in [6, 6.07) is 11.4. The predicted molar refractivity (Wildman–Crippen MR) is 155 cm³/mol. The lowest BCUT2D eigenvalue weighted by molar-refractivity contribution is -0.00180. The highest BCUT2D eigenvalue weighted by molar-refractivity contribution is 7.90. The van der Waals surface area contributed by atoms with Crippen molar-refractivity contribution in [2.24, 2.45) is 23.7 Å². The SMILES string of the molecule is O=C1NS(=O)(=O)CCC[C@H]2CC2[C@H](O)[C@@H]2CC[C@H]2CN2C[C@@]3(CCCc4cc(Cl)ccc43)COc3ccc1cc32. The predicted octanol–water partition coefficient (Wildman–Crippen LogP) is 4.69. The number of carbonyl (C=O) groups is 1. The van der Waals surface area contributed by atoms with Crippen molar-refractivity contribution >= 4 is 33.2 Å². The summed E-state index contributed by atoms with van der Waals surface area (Å²) in [5.74, 6) is 1.25. The van der Waals surface area contributed by atoms with E-state index in [1.807, 2.05) is 6.07 Å². The first-order chi connectivity index (χ1) is 19.2. The highest BCUT2D eigenvalue weighted by atomic mass is 35.5. The molecule has 6 atom stereocenters. The van der Waals surface area contributed by atoms with Gasteiger partial charge in [0.05, 0.1) is 24.2 Å². The molecule has 1 spiro atoms. The fourth-order valence-electron chi connectivity index (χ4n) is 7.93. The zero-order valence-corrected chi connectivity index (χ0v) is 24.2. The van der Waals surface area contributed by atoms with Gasteiger partial charge in [-0.2, -0.15) is 0 Å². The molecular weight excluding hydrogens is 548 g/mol. The van der Waals surface area contributed by atoms with Crippen LogP contribution in [0.5, 0.6) is 5.75 Å². The molecule has 40 heavy (non-hydrogen) atoms. The Hall–Kier alpha value is -2.29. The summed E-state index contributed by atoms with van der Waals surface area (Å²) in [4.78, 5) is 15.5. The Morgan fingerprint density at radius 1 is 1.05 bits per heavy atom. The van der Waals surface area contributed by atoms with Gasteiger partial charge in [0, 0.05) is 29.1 Å². The Kier molecular flexibility index (Phi) is 6.59. The molecule has 0 aromatic heterocycles. The summed E-state index contributed by atoms with van der Waals surface area (Å²) in [7, 11) is -3.75. The Balaban J connectivity index is 1.29. The molecule has 0 saturated heterocycles. The maximum Gasteiger partial charge on any atom is 0.264 e. The van der Waals surface area contributed by atoms with E-state index in [0.29, 0.717) is 36.2 Å². The lowest BCUT2D eigenvalue weighted by Gasteiger charge is -2.46. The van der Waals surface area contributed by atoms with Gasteiger partial charge in [0.1, 0.15) is 5.75 Å². The molecule has 2 aliphatic heterocycles. The highest BCUT2D eigenvalue weighted by Crippen LogP contribution is 2.52. The summed E-state index contributed by atoms with van der Waals surface area (Å²) in [6.07, 6.45) is 6.99. The number of aliphatic hydroxyl groups is 1. The van der Waals surface area contributed by atoms with E-state index < -0.39 is 15.9 Å². The largest absolute Gasteiger partial charge is 0.490 e. The average molecular weight is 585 g/mol. The number of anilines is 1. The number of hydrogen-bond donors (Lipinski definition) is 2. The zero-order valence-electron chi connectivity index (χ0n) is 22.6. The van der Waals surface area contributed by atoms with Crippen molar-refractivity contribution in [3.05, 3.63) is 58.1 Å². The van der Waals surface area contributed by atoms with E-state index in [-0.39, 0.29) is 29.1 Å². The van der Waals surface area contributed by atoms with Crippen LogP contribution >= 0.6 is 11.6 Å². The van der Waals surface area contributed by atoms with Crippen LogP contribution < -0.4 is 14.4 Å². The molecule has 5 aliphatic rings. The number of nitrogens with zero attached hydrogens (tertiary/aromatic N) is 1. The van der Waals surface area contributed by atoms with Crippen molar-refractivity contribution < 1.29 is 23.1 Å². The van der Waals surface area contributed by atoms with Crippen molar-refractivity contribution in [1.82, 2.24) is 4.72 Å². The van der Waals surface area contributed by atoms with Gasteiger partial charge in [-0.25, -0.2) is 13.1 Å². The Bertz CT molecular complexity index is 1450. The van der Waals surface area contributed by atoms with Gasteiger partial charge in [0.2, 0.25) is 10.0 Å². The van der Waals surface area contributed by atoms with Gasteiger partial charge in [-0.1, -0.05) is 17.7 Å². The van der Waals surface area contributed by atoms with Crippen LogP contribution in [0.4, 0.5) is 5.69 Å². The van der Waals surface area contributed by atoms with Gasteiger partial charge in [-0.05, 0) is 116 Å². The standard InChI is InChI=1S/C31H37ClN2O5S/c32-23-7-9-26-20(13-23)3-1-11-31(26)17-34-16-22-5-8-24(22)29(35)25-14-19(25)4-2-12-40(37,38)33-30(36)21-6-10-28(39-18-31)27(34)15-21/h6-7,9-10,13,15,19,22,24-25,29,35H,1-5,8,11-12,14,16-18H2,(H,33,36)/t19-,22-,24+,25?,29+,31-/m0/s1. The smallest absolute Gasteiger partial charge is 0.264 e. The van der Waals surface area contributed by atoms with Crippen LogP contribution in [0, 0.1) is 23.7 Å². The van der Waals surface area contributed by atoms with Crippen molar-refractivity contribution in [1.29, 1.82) is 0 Å². The van der Waals surface area contributed by atoms with Crippen LogP contribution in [0.2, 0.25) is 5.02 Å². The van der Waals surface area contributed by atoms with E-state index >= 15 is 0 Å². The number of amides is 1. The minimum absolute atomic E-state index is 0.0871. The number of sulfonamides is 1. The molecule has 2 heterocycles. The molecule has 7 nitrogen and oxygen atoms in total. The quantitative estimate of drug-likeness (QED) is 0.466. The second-order valence-corrected chi connectivity index (χ2v) is 15.1. The Morgan fingerprint density at radius 3 is 2.75 bits per heavy atom. The average Bonchev–Trinajstić information content (AvgIpc) is 3.69. The number of benzene rings is 2. The molecule has 9 heteroatoms. The number of ether oxygens (including phenoxy) is 1. The summed E-state index contributed by atoms with van der Waals surface area (Å²) in [5, 5.41) is 12.1. The maximum absolute atomic E-state index is 13.1. The molecule has 1 amide bonds. The molecule has 0 radical (unpaired) electrons. The number of carbonyl (C=O) groups excluding carboxylic acids is 1. The summed E-state index contributed by atoms with van der Waals surface area (Å²) in [6.45, 7) is 2.01. The van der Waals surface area contributed by atoms with Crippen molar-refractivity contribution in [2.45, 2.75) is 62.9 Å². The number of aliphatic hydroxyl groups excluding tert-OH is 1. The number of nitrogens with one attached hydrogen (secondary N) is 1. The zero-order chi connectivity index (χ0) is 27.6. The fraction of sp³-hybridized carbons (Fsp3) is 0.581. The molecule has 2 saturated carbocycles. The van der Waals surface area contributed by atoms with Crippen LogP contribution in [0.25, 0.3) is 0 Å². The first kappa shape index (κ1) is 26.6. The van der Waals surface area contributed by atoms with Crippen LogP contribution in [0.15, 0.2) is 36.4 Å². The van der Waals surface area contributed by atoms with Gasteiger partial charge in [0.25, 0.3) is 5.91 Å². The third-order valence-corrected chi connectivity index (χ3v) is 11.9. The fourth-order valence-corrected chi connectivity index (χ4v) is 9.18. The third kappa shape index (κ3) is 4.80. The topological polar surface area (TPSA) is 95.9 Å². The maximum atomic E-state index is 13.1. The molecule has 1 unspecified atom stereocenters. The van der Waals surface area contributed by atoms with Gasteiger partial charge >= 0.3 is 0 Å². The van der Waals surface area contributed by atoms with Crippen molar-refractivity contribution in [2.75, 3.05) is 30.3 Å². The second-order valence-electron chi connectivity index (χ2n) is 12.8. The molecule has 2 N–H and O–H groups in total. The number of aryl methyl sites for hydroxylation is 1.